The van der Waals surface area contributed by atoms with Crippen molar-refractivity contribution < 1.29 is 24.2 Å². The van der Waals surface area contributed by atoms with Crippen molar-refractivity contribution in [3.63, 3.8) is 0 Å². The lowest BCUT2D eigenvalue weighted by molar-refractivity contribution is -0.139. The molecule has 39 heavy (non-hydrogen) atoms. The van der Waals surface area contributed by atoms with Gasteiger partial charge in [0.2, 0.25) is 0 Å². The Kier molecular flexibility index (Phi) is 7.81. The zero-order valence-corrected chi connectivity index (χ0v) is 23.4. The van der Waals surface area contributed by atoms with Crippen molar-refractivity contribution in [1.29, 1.82) is 0 Å². The summed E-state index contributed by atoms with van der Waals surface area (Å²) in [6.45, 7) is 12.6. The minimum atomic E-state index is -0.776. The highest BCUT2D eigenvalue weighted by Crippen LogP contribution is 2.41. The van der Waals surface area contributed by atoms with E-state index in [1.165, 1.54) is 4.90 Å². The summed E-state index contributed by atoms with van der Waals surface area (Å²) in [7, 11) is 0. The molecule has 1 aromatic carbocycles. The zero-order chi connectivity index (χ0) is 28.5. The van der Waals surface area contributed by atoms with Crippen molar-refractivity contribution in [2.24, 2.45) is 0 Å². The minimum absolute atomic E-state index is 0.00625. The van der Waals surface area contributed by atoms with Crippen LogP contribution in [0.4, 0.5) is 0 Å². The molecule has 2 aromatic heterocycles. The molecule has 1 fully saturated rings. The maximum Gasteiger partial charge on any atom is 0.355 e. The third kappa shape index (κ3) is 5.39. The minimum Gasteiger partial charge on any atom is -0.507 e. The number of aliphatic hydroxyl groups is 1. The summed E-state index contributed by atoms with van der Waals surface area (Å²) < 4.78 is 7.05. The van der Waals surface area contributed by atoms with Crippen LogP contribution in [-0.2, 0) is 26.3 Å². The van der Waals surface area contributed by atoms with E-state index in [1.807, 2.05) is 35.0 Å². The van der Waals surface area contributed by atoms with Gasteiger partial charge in [-0.05, 0) is 49.3 Å². The molecule has 0 unspecified atom stereocenters. The van der Waals surface area contributed by atoms with E-state index < -0.39 is 23.7 Å². The number of rotatable bonds is 8. The SMILES string of the molecule is CCOC(=O)c1[nH]c(C)c(/C(O)=C2\C(=O)C(=O)N(CCCn3ccnc3)[C@H]2c2ccc(C(C)(C)C)cc2)c1C. The number of aliphatic hydroxyl groups excluding tert-OH is 1. The standard InChI is InChI=1S/C30H36N4O5/c1-7-39-29(38)24-18(2)22(19(3)32-24)26(35)23-25(20-9-11-21(12-10-20)30(4,5)6)34(28(37)27(23)36)15-8-14-33-16-13-31-17-33/h9-13,16-17,25,32,35H,7-8,14-15H2,1-6H3/b26-23+/t25-/m0/s1. The van der Waals surface area contributed by atoms with Gasteiger partial charge in [-0.25, -0.2) is 9.78 Å². The topological polar surface area (TPSA) is 118 Å². The van der Waals surface area contributed by atoms with Crippen LogP contribution in [0.1, 0.15) is 78.6 Å². The molecular formula is C30H36N4O5. The number of hydrogen-bond acceptors (Lipinski definition) is 6. The van der Waals surface area contributed by atoms with Gasteiger partial charge in [0.05, 0.1) is 24.5 Å². The maximum absolute atomic E-state index is 13.5. The number of Topliss-reactive ketones (excluding diaryl/α,β-unsaturated/α-hetero) is 1. The number of H-pyrrole nitrogens is 1. The molecule has 1 aliphatic heterocycles. The lowest BCUT2D eigenvalue weighted by Gasteiger charge is -2.26. The molecule has 1 saturated heterocycles. The second-order valence-corrected chi connectivity index (χ2v) is 10.9. The predicted molar refractivity (Wildman–Crippen MR) is 147 cm³/mol. The van der Waals surface area contributed by atoms with Crippen molar-refractivity contribution in [3.8, 4) is 0 Å². The van der Waals surface area contributed by atoms with Gasteiger partial charge < -0.3 is 24.3 Å². The van der Waals surface area contributed by atoms with E-state index in [9.17, 15) is 19.5 Å². The molecule has 9 nitrogen and oxygen atoms in total. The molecular weight excluding hydrogens is 496 g/mol. The number of carbonyl (C=O) groups is 3. The van der Waals surface area contributed by atoms with Crippen LogP contribution in [0, 0.1) is 13.8 Å². The van der Waals surface area contributed by atoms with E-state index in [-0.39, 0.29) is 29.0 Å². The molecule has 1 amide bonds. The normalized spacial score (nSPS) is 17.2. The molecule has 0 saturated carbocycles. The van der Waals surface area contributed by atoms with Crippen molar-refractivity contribution in [2.45, 2.75) is 66.0 Å². The first kappa shape index (κ1) is 27.9. The fourth-order valence-corrected chi connectivity index (χ4v) is 5.11. The number of benzene rings is 1. The van der Waals surface area contributed by atoms with Crippen molar-refractivity contribution in [2.75, 3.05) is 13.2 Å². The average Bonchev–Trinajstić information content (AvgIpc) is 3.57. The van der Waals surface area contributed by atoms with Crippen LogP contribution in [0.3, 0.4) is 0 Å². The highest BCUT2D eigenvalue weighted by Gasteiger charge is 2.46. The van der Waals surface area contributed by atoms with Crippen LogP contribution in [-0.4, -0.2) is 55.4 Å². The molecule has 0 spiro atoms. The van der Waals surface area contributed by atoms with Gasteiger partial charge in [0, 0.05) is 36.7 Å². The van der Waals surface area contributed by atoms with E-state index in [0.717, 1.165) is 11.1 Å². The first-order valence-corrected chi connectivity index (χ1v) is 13.2. The molecule has 4 rings (SSSR count). The van der Waals surface area contributed by atoms with E-state index in [2.05, 4.69) is 30.7 Å². The van der Waals surface area contributed by atoms with Gasteiger partial charge in [-0.1, -0.05) is 45.0 Å². The smallest absolute Gasteiger partial charge is 0.355 e. The molecule has 1 aliphatic rings. The van der Waals surface area contributed by atoms with Crippen LogP contribution in [0.5, 0.6) is 0 Å². The van der Waals surface area contributed by atoms with E-state index in [4.69, 9.17) is 4.74 Å². The summed E-state index contributed by atoms with van der Waals surface area (Å²) in [5, 5.41) is 11.6. The Hall–Kier alpha value is -4.14. The van der Waals surface area contributed by atoms with Crippen LogP contribution in [0.15, 0.2) is 48.6 Å². The predicted octanol–water partition coefficient (Wildman–Crippen LogP) is 4.81. The van der Waals surface area contributed by atoms with Gasteiger partial charge in [0.1, 0.15) is 11.5 Å². The number of esters is 1. The van der Waals surface area contributed by atoms with E-state index >= 15 is 0 Å². The Labute approximate surface area is 228 Å². The Morgan fingerprint density at radius 3 is 2.41 bits per heavy atom. The van der Waals surface area contributed by atoms with Gasteiger partial charge >= 0.3 is 5.97 Å². The summed E-state index contributed by atoms with van der Waals surface area (Å²) in [5.41, 5.74) is 3.25. The van der Waals surface area contributed by atoms with Gasteiger partial charge in [-0.15, -0.1) is 0 Å². The molecule has 1 atom stereocenters. The number of aryl methyl sites for hydroxylation is 2. The number of nitrogens with zero attached hydrogens (tertiary/aromatic N) is 3. The Balaban J connectivity index is 1.80. The summed E-state index contributed by atoms with van der Waals surface area (Å²) >= 11 is 0. The molecule has 3 aromatic rings. The average molecular weight is 533 g/mol. The van der Waals surface area contributed by atoms with E-state index in [1.54, 1.807) is 33.3 Å². The molecule has 0 radical (unpaired) electrons. The number of likely N-dealkylation sites (tertiary alicyclic amines) is 1. The first-order chi connectivity index (χ1) is 18.5. The Bertz CT molecular complexity index is 1410. The third-order valence-electron chi connectivity index (χ3n) is 7.16. The van der Waals surface area contributed by atoms with Crippen molar-refractivity contribution >= 4 is 23.4 Å². The Morgan fingerprint density at radius 1 is 1.13 bits per heavy atom. The molecule has 206 valence electrons. The zero-order valence-electron chi connectivity index (χ0n) is 23.4. The van der Waals surface area contributed by atoms with Gasteiger partial charge in [-0.2, -0.15) is 0 Å². The highest BCUT2D eigenvalue weighted by molar-refractivity contribution is 6.46. The highest BCUT2D eigenvalue weighted by atomic mass is 16.5. The quantitative estimate of drug-likeness (QED) is 0.186. The Morgan fingerprint density at radius 2 is 1.82 bits per heavy atom. The number of imidazole rings is 1. The number of ketones is 1. The van der Waals surface area contributed by atoms with Crippen LogP contribution >= 0.6 is 0 Å². The number of amides is 1. The summed E-state index contributed by atoms with van der Waals surface area (Å²) in [6.07, 6.45) is 5.83. The van der Waals surface area contributed by atoms with Gasteiger partial charge in [0.15, 0.2) is 0 Å². The summed E-state index contributed by atoms with van der Waals surface area (Å²) in [6, 6.07) is 7.03. The van der Waals surface area contributed by atoms with Gasteiger partial charge in [0.25, 0.3) is 11.7 Å². The van der Waals surface area contributed by atoms with Crippen LogP contribution < -0.4 is 0 Å². The molecule has 0 bridgehead atoms. The van der Waals surface area contributed by atoms with E-state index in [0.29, 0.717) is 36.3 Å². The van der Waals surface area contributed by atoms with Crippen LogP contribution in [0.2, 0.25) is 0 Å². The lowest BCUT2D eigenvalue weighted by atomic mass is 9.85. The van der Waals surface area contributed by atoms with Crippen molar-refractivity contribution in [3.05, 3.63) is 82.2 Å². The first-order valence-electron chi connectivity index (χ1n) is 13.2. The summed E-state index contributed by atoms with van der Waals surface area (Å²) in [4.78, 5) is 47.9. The number of nitrogens with one attached hydrogen (secondary N) is 1. The van der Waals surface area contributed by atoms with Crippen molar-refractivity contribution in [1.82, 2.24) is 19.4 Å². The fraction of sp³-hybridized carbons (Fsp3) is 0.400. The summed E-state index contributed by atoms with van der Waals surface area (Å²) in [5.74, 6) is -2.27. The van der Waals surface area contributed by atoms with Crippen LogP contribution in [0.25, 0.3) is 5.76 Å². The third-order valence-corrected chi connectivity index (χ3v) is 7.16. The number of ether oxygens (including phenoxy) is 1. The van der Waals surface area contributed by atoms with Gasteiger partial charge in [-0.3, -0.25) is 9.59 Å². The largest absolute Gasteiger partial charge is 0.507 e. The molecule has 3 heterocycles. The number of carbonyl (C=O) groups excluding carboxylic acids is 3. The number of aromatic nitrogens is 3. The second-order valence-electron chi connectivity index (χ2n) is 10.9. The fourth-order valence-electron chi connectivity index (χ4n) is 5.11. The second kappa shape index (κ2) is 10.9. The monoisotopic (exact) mass is 532 g/mol. The molecule has 9 heteroatoms. The number of hydrogen-bond donors (Lipinski definition) is 2. The lowest BCUT2D eigenvalue weighted by Crippen LogP contribution is -2.31. The molecule has 0 aliphatic carbocycles. The maximum atomic E-state index is 13.5. The molecule has 2 N–H and O–H groups in total. The number of aromatic amines is 1.